The molecule has 0 aliphatic carbocycles. The zero-order valence-corrected chi connectivity index (χ0v) is 15.6. The molecule has 1 aliphatic rings. The van der Waals surface area contributed by atoms with Gasteiger partial charge in [0.1, 0.15) is 22.7 Å². The second-order valence-corrected chi connectivity index (χ2v) is 7.51. The summed E-state index contributed by atoms with van der Waals surface area (Å²) in [5.74, 6) is 0.855. The number of carbonyl (C=O) groups is 1. The van der Waals surface area contributed by atoms with Gasteiger partial charge in [0.25, 0.3) is 5.91 Å². The van der Waals surface area contributed by atoms with Gasteiger partial charge in [-0.05, 0) is 23.8 Å². The lowest BCUT2D eigenvalue weighted by Gasteiger charge is -2.34. The highest BCUT2D eigenvalue weighted by atomic mass is 32.1. The molecule has 0 spiro atoms. The van der Waals surface area contributed by atoms with E-state index in [4.69, 9.17) is 10.5 Å². The molecule has 28 heavy (non-hydrogen) atoms. The first-order valence-corrected chi connectivity index (χ1v) is 9.65. The molecule has 1 atom stereocenters. The van der Waals surface area contributed by atoms with Gasteiger partial charge in [0.2, 0.25) is 0 Å². The molecule has 7 heteroatoms. The van der Waals surface area contributed by atoms with Crippen LogP contribution in [-0.4, -0.2) is 28.5 Å². The highest BCUT2D eigenvalue weighted by Crippen LogP contribution is 2.42. The van der Waals surface area contributed by atoms with Crippen LogP contribution in [0.4, 0.5) is 11.5 Å². The third kappa shape index (κ3) is 2.76. The summed E-state index contributed by atoms with van der Waals surface area (Å²) in [7, 11) is 0. The Balaban J connectivity index is 1.66. The van der Waals surface area contributed by atoms with Crippen molar-refractivity contribution in [2.75, 3.05) is 11.4 Å². The number of nitrogens with zero attached hydrogens (tertiary/aromatic N) is 3. The molecule has 0 saturated heterocycles. The first kappa shape index (κ1) is 16.7. The van der Waals surface area contributed by atoms with Crippen LogP contribution in [0.3, 0.4) is 0 Å². The SMILES string of the molecule is NC(=O)C1CN(c2ncnc3sc(-c4ccccc4)cc23)c2ccccc2O1. The first-order valence-electron chi connectivity index (χ1n) is 8.83. The molecule has 1 unspecified atom stereocenters. The topological polar surface area (TPSA) is 81.3 Å². The number of para-hydroxylation sites is 2. The number of aromatic nitrogens is 2. The highest BCUT2D eigenvalue weighted by Gasteiger charge is 2.31. The minimum Gasteiger partial charge on any atom is -0.477 e. The van der Waals surface area contributed by atoms with E-state index in [1.165, 1.54) is 0 Å². The third-order valence-electron chi connectivity index (χ3n) is 4.71. The smallest absolute Gasteiger partial charge is 0.260 e. The Hall–Kier alpha value is -3.45. The Labute approximate surface area is 165 Å². The van der Waals surface area contributed by atoms with E-state index in [-0.39, 0.29) is 0 Å². The van der Waals surface area contributed by atoms with Crippen LogP contribution < -0.4 is 15.4 Å². The fourth-order valence-corrected chi connectivity index (χ4v) is 4.38. The number of rotatable bonds is 3. The van der Waals surface area contributed by atoms with Gasteiger partial charge >= 0.3 is 0 Å². The summed E-state index contributed by atoms with van der Waals surface area (Å²) in [4.78, 5) is 24.8. The number of amides is 1. The maximum Gasteiger partial charge on any atom is 0.260 e. The van der Waals surface area contributed by atoms with E-state index in [1.807, 2.05) is 47.4 Å². The van der Waals surface area contributed by atoms with Crippen LogP contribution >= 0.6 is 11.3 Å². The van der Waals surface area contributed by atoms with Gasteiger partial charge in [0.05, 0.1) is 17.6 Å². The van der Waals surface area contributed by atoms with E-state index in [9.17, 15) is 4.79 Å². The summed E-state index contributed by atoms with van der Waals surface area (Å²) in [5.41, 5.74) is 7.52. The Morgan fingerprint density at radius 2 is 1.89 bits per heavy atom. The fourth-order valence-electron chi connectivity index (χ4n) is 3.39. The number of anilines is 2. The molecule has 0 fully saturated rings. The molecule has 2 aromatic carbocycles. The molecule has 1 aliphatic heterocycles. The van der Waals surface area contributed by atoms with Crippen LogP contribution in [0.2, 0.25) is 0 Å². The maximum absolute atomic E-state index is 11.8. The van der Waals surface area contributed by atoms with Gasteiger partial charge in [-0.25, -0.2) is 9.97 Å². The van der Waals surface area contributed by atoms with E-state index < -0.39 is 12.0 Å². The number of nitrogens with two attached hydrogens (primary N) is 1. The maximum atomic E-state index is 11.8. The molecular formula is C21H16N4O2S. The summed E-state index contributed by atoms with van der Waals surface area (Å²) in [5, 5.41) is 0.936. The molecule has 6 nitrogen and oxygen atoms in total. The summed E-state index contributed by atoms with van der Waals surface area (Å²) < 4.78 is 5.77. The zero-order chi connectivity index (χ0) is 19.1. The molecule has 3 heterocycles. The number of fused-ring (bicyclic) bond motifs is 2. The standard InChI is InChI=1S/C21H16N4O2S/c22-19(26)17-11-25(15-8-4-5-9-16(15)27-17)20-14-10-18(13-6-2-1-3-7-13)28-21(14)24-12-23-20/h1-10,12,17H,11H2,(H2,22,26). The minimum absolute atomic E-state index is 0.301. The van der Waals surface area contributed by atoms with Crippen molar-refractivity contribution in [1.82, 2.24) is 9.97 Å². The van der Waals surface area contributed by atoms with E-state index >= 15 is 0 Å². The Morgan fingerprint density at radius 3 is 2.71 bits per heavy atom. The van der Waals surface area contributed by atoms with Crippen molar-refractivity contribution >= 4 is 39.0 Å². The predicted octanol–water partition coefficient (Wildman–Crippen LogP) is 3.74. The molecule has 138 valence electrons. The molecule has 2 aromatic heterocycles. The largest absolute Gasteiger partial charge is 0.477 e. The second kappa shape index (κ2) is 6.61. The van der Waals surface area contributed by atoms with Gasteiger partial charge in [0.15, 0.2) is 6.10 Å². The summed E-state index contributed by atoms with van der Waals surface area (Å²) in [6.45, 7) is 0.301. The molecule has 0 bridgehead atoms. The normalized spacial score (nSPS) is 15.9. The Morgan fingerprint density at radius 1 is 1.11 bits per heavy atom. The van der Waals surface area contributed by atoms with Crippen LogP contribution in [-0.2, 0) is 4.79 Å². The minimum atomic E-state index is -0.743. The average molecular weight is 388 g/mol. The van der Waals surface area contributed by atoms with Crippen molar-refractivity contribution in [3.05, 3.63) is 67.0 Å². The van der Waals surface area contributed by atoms with Crippen molar-refractivity contribution in [3.63, 3.8) is 0 Å². The number of hydrogen-bond acceptors (Lipinski definition) is 6. The van der Waals surface area contributed by atoms with E-state index in [1.54, 1.807) is 17.7 Å². The van der Waals surface area contributed by atoms with Gasteiger partial charge in [-0.1, -0.05) is 42.5 Å². The number of hydrogen-bond donors (Lipinski definition) is 1. The second-order valence-electron chi connectivity index (χ2n) is 6.48. The van der Waals surface area contributed by atoms with Crippen LogP contribution in [0, 0.1) is 0 Å². The Kier molecular flexibility index (Phi) is 3.95. The monoisotopic (exact) mass is 388 g/mol. The fraction of sp³-hybridized carbons (Fsp3) is 0.0952. The molecule has 2 N–H and O–H groups in total. The lowest BCUT2D eigenvalue weighted by Crippen LogP contribution is -2.45. The number of benzene rings is 2. The number of thiophene rings is 1. The van der Waals surface area contributed by atoms with Crippen LogP contribution in [0.5, 0.6) is 5.75 Å². The van der Waals surface area contributed by atoms with Crippen molar-refractivity contribution in [1.29, 1.82) is 0 Å². The van der Waals surface area contributed by atoms with Gasteiger partial charge in [0, 0.05) is 4.88 Å². The Bertz CT molecular complexity index is 1180. The van der Waals surface area contributed by atoms with Crippen molar-refractivity contribution in [2.45, 2.75) is 6.10 Å². The number of carbonyl (C=O) groups excluding carboxylic acids is 1. The zero-order valence-electron chi connectivity index (χ0n) is 14.8. The van der Waals surface area contributed by atoms with E-state index in [2.05, 4.69) is 28.2 Å². The lowest BCUT2D eigenvalue weighted by molar-refractivity contribution is -0.124. The van der Waals surface area contributed by atoms with Crippen LogP contribution in [0.1, 0.15) is 0 Å². The summed E-state index contributed by atoms with van der Waals surface area (Å²) >= 11 is 1.62. The molecule has 1 amide bonds. The van der Waals surface area contributed by atoms with Crippen LogP contribution in [0.15, 0.2) is 67.0 Å². The van der Waals surface area contributed by atoms with Crippen molar-refractivity contribution < 1.29 is 9.53 Å². The van der Waals surface area contributed by atoms with Crippen LogP contribution in [0.25, 0.3) is 20.7 Å². The summed E-state index contributed by atoms with van der Waals surface area (Å²) in [6, 6.07) is 19.9. The van der Waals surface area contributed by atoms with Gasteiger partial charge < -0.3 is 15.4 Å². The molecular weight excluding hydrogens is 372 g/mol. The summed E-state index contributed by atoms with van der Waals surface area (Å²) in [6.07, 6.45) is 0.812. The quantitative estimate of drug-likeness (QED) is 0.578. The average Bonchev–Trinajstić information content (AvgIpc) is 3.18. The predicted molar refractivity (Wildman–Crippen MR) is 110 cm³/mol. The lowest BCUT2D eigenvalue weighted by atomic mass is 10.1. The molecule has 4 aromatic rings. The van der Waals surface area contributed by atoms with Crippen molar-refractivity contribution in [2.24, 2.45) is 5.73 Å². The molecule has 5 rings (SSSR count). The van der Waals surface area contributed by atoms with Crippen molar-refractivity contribution in [3.8, 4) is 16.2 Å². The molecule has 0 saturated carbocycles. The van der Waals surface area contributed by atoms with Gasteiger partial charge in [-0.2, -0.15) is 0 Å². The number of ether oxygens (including phenoxy) is 1. The van der Waals surface area contributed by atoms with E-state index in [0.29, 0.717) is 12.3 Å². The van der Waals surface area contributed by atoms with Gasteiger partial charge in [-0.3, -0.25) is 4.79 Å². The third-order valence-corrected chi connectivity index (χ3v) is 5.81. The molecule has 0 radical (unpaired) electrons. The van der Waals surface area contributed by atoms with E-state index in [0.717, 1.165) is 32.2 Å². The van der Waals surface area contributed by atoms with Gasteiger partial charge in [-0.15, -0.1) is 11.3 Å². The first-order chi connectivity index (χ1) is 13.7. The highest BCUT2D eigenvalue weighted by molar-refractivity contribution is 7.21. The number of primary amides is 1.